The number of ketones is 1. The Bertz CT molecular complexity index is 538. The smallest absolute Gasteiger partial charge is 0.311 e. The number of Topliss-reactive ketones (excluding diaryl/α,β-unsaturated/α-hetero) is 1. The van der Waals surface area contributed by atoms with E-state index in [0.29, 0.717) is 26.0 Å². The Morgan fingerprint density at radius 1 is 1.42 bits per heavy atom. The molecule has 24 heavy (non-hydrogen) atoms. The Morgan fingerprint density at radius 2 is 2.17 bits per heavy atom. The molecule has 7 unspecified atom stereocenters. The van der Waals surface area contributed by atoms with Gasteiger partial charge in [0.2, 0.25) is 0 Å². The fraction of sp³-hybridized carbons (Fsp3) is 0.765. The zero-order valence-electron chi connectivity index (χ0n) is 14.3. The molecular formula is C17H27N3O4. The second kappa shape index (κ2) is 6.92. The molecule has 7 nitrogen and oxygen atoms in total. The van der Waals surface area contributed by atoms with Crippen LogP contribution in [0.25, 0.3) is 0 Å². The number of carbonyl (C=O) groups is 2. The summed E-state index contributed by atoms with van der Waals surface area (Å²) >= 11 is 0. The van der Waals surface area contributed by atoms with Gasteiger partial charge in [-0.05, 0) is 26.7 Å². The molecule has 0 radical (unpaired) electrons. The average molecular weight is 337 g/mol. The fourth-order valence-corrected chi connectivity index (χ4v) is 4.03. The molecule has 3 aliphatic heterocycles. The lowest BCUT2D eigenvalue weighted by Crippen LogP contribution is -2.67. The van der Waals surface area contributed by atoms with Crippen LogP contribution in [0.3, 0.4) is 0 Å². The van der Waals surface area contributed by atoms with Gasteiger partial charge in [-0.25, -0.2) is 0 Å². The second-order valence-corrected chi connectivity index (χ2v) is 7.04. The number of fused-ring (bicyclic) bond motifs is 2. The van der Waals surface area contributed by atoms with Crippen molar-refractivity contribution in [1.29, 1.82) is 0 Å². The van der Waals surface area contributed by atoms with Gasteiger partial charge in [-0.3, -0.25) is 14.9 Å². The molecule has 3 rings (SSSR count). The third-order valence-electron chi connectivity index (χ3n) is 5.40. The topological polar surface area (TPSA) is 103 Å². The van der Waals surface area contributed by atoms with Gasteiger partial charge >= 0.3 is 5.97 Å². The van der Waals surface area contributed by atoms with E-state index in [0.717, 1.165) is 5.57 Å². The van der Waals surface area contributed by atoms with E-state index in [1.54, 1.807) is 6.92 Å². The Hall–Kier alpha value is -1.28. The molecule has 4 N–H and O–H groups in total. The highest BCUT2D eigenvalue weighted by molar-refractivity contribution is 5.86. The van der Waals surface area contributed by atoms with Crippen molar-refractivity contribution in [1.82, 2.24) is 10.6 Å². The predicted molar refractivity (Wildman–Crippen MR) is 87.7 cm³/mol. The Balaban J connectivity index is 1.74. The summed E-state index contributed by atoms with van der Waals surface area (Å²) in [6, 6.07) is 0.134. The Morgan fingerprint density at radius 3 is 2.83 bits per heavy atom. The van der Waals surface area contributed by atoms with Crippen molar-refractivity contribution in [3.8, 4) is 0 Å². The van der Waals surface area contributed by atoms with Crippen molar-refractivity contribution < 1.29 is 19.1 Å². The lowest BCUT2D eigenvalue weighted by atomic mass is 9.73. The van der Waals surface area contributed by atoms with Gasteiger partial charge in [-0.2, -0.15) is 0 Å². The number of esters is 1. The van der Waals surface area contributed by atoms with Gasteiger partial charge in [-0.1, -0.05) is 12.2 Å². The average Bonchev–Trinajstić information content (AvgIpc) is 2.54. The van der Waals surface area contributed by atoms with Crippen LogP contribution in [0.5, 0.6) is 0 Å². The molecule has 3 saturated heterocycles. The van der Waals surface area contributed by atoms with Gasteiger partial charge in [-0.15, -0.1) is 0 Å². The number of carbonyl (C=O) groups excluding carboxylic acids is 2. The van der Waals surface area contributed by atoms with Crippen molar-refractivity contribution in [2.75, 3.05) is 13.2 Å². The molecule has 134 valence electrons. The molecule has 0 aromatic carbocycles. The summed E-state index contributed by atoms with van der Waals surface area (Å²) in [6.45, 7) is 8.63. The van der Waals surface area contributed by atoms with Gasteiger partial charge in [0.1, 0.15) is 12.0 Å². The number of rotatable bonds is 3. The minimum absolute atomic E-state index is 0.134. The lowest BCUT2D eigenvalue weighted by Gasteiger charge is -2.49. The van der Waals surface area contributed by atoms with E-state index >= 15 is 0 Å². The van der Waals surface area contributed by atoms with Gasteiger partial charge in [0, 0.05) is 18.5 Å². The molecule has 0 amide bonds. The molecule has 0 aromatic rings. The zero-order chi connectivity index (χ0) is 17.4. The van der Waals surface area contributed by atoms with Crippen molar-refractivity contribution >= 4 is 11.8 Å². The highest BCUT2D eigenvalue weighted by Crippen LogP contribution is 2.38. The molecule has 0 saturated carbocycles. The number of ether oxygens (including phenoxy) is 2. The first kappa shape index (κ1) is 17.5. The van der Waals surface area contributed by atoms with E-state index in [1.807, 2.05) is 6.92 Å². The summed E-state index contributed by atoms with van der Waals surface area (Å²) in [5.41, 5.74) is 7.09. The summed E-state index contributed by atoms with van der Waals surface area (Å²) in [4.78, 5) is 25.1. The molecule has 7 heteroatoms. The van der Waals surface area contributed by atoms with Gasteiger partial charge in [0.15, 0.2) is 0 Å². The second-order valence-electron chi connectivity index (χ2n) is 7.04. The predicted octanol–water partition coefficient (Wildman–Crippen LogP) is -0.0918. The molecule has 3 heterocycles. The SMILES string of the molecule is C=C(C)C1CC2C(=O)C3CC(C(=O)OCC)C(N)NC3OC2CN1. The third kappa shape index (κ3) is 3.13. The van der Waals surface area contributed by atoms with Crippen LogP contribution in [0, 0.1) is 17.8 Å². The van der Waals surface area contributed by atoms with Gasteiger partial charge in [0.25, 0.3) is 0 Å². The number of hydrogen-bond acceptors (Lipinski definition) is 7. The quantitative estimate of drug-likeness (QED) is 0.488. The van der Waals surface area contributed by atoms with Gasteiger partial charge in [0.05, 0.1) is 30.7 Å². The Kier molecular flexibility index (Phi) is 5.05. The van der Waals surface area contributed by atoms with Crippen LogP contribution in [0.1, 0.15) is 26.7 Å². The van der Waals surface area contributed by atoms with E-state index in [1.165, 1.54) is 0 Å². The summed E-state index contributed by atoms with van der Waals surface area (Å²) in [5.74, 6) is -1.22. The maximum absolute atomic E-state index is 13.0. The van der Waals surface area contributed by atoms with Crippen LogP contribution in [0.15, 0.2) is 12.2 Å². The highest BCUT2D eigenvalue weighted by Gasteiger charge is 2.52. The highest BCUT2D eigenvalue weighted by atomic mass is 16.5. The minimum atomic E-state index is -0.561. The van der Waals surface area contributed by atoms with E-state index < -0.39 is 18.3 Å². The van der Waals surface area contributed by atoms with Crippen molar-refractivity contribution in [3.63, 3.8) is 0 Å². The minimum Gasteiger partial charge on any atom is -0.466 e. The van der Waals surface area contributed by atoms with Crippen molar-refractivity contribution in [2.45, 2.75) is 51.2 Å². The van der Waals surface area contributed by atoms with Crippen LogP contribution in [-0.4, -0.2) is 49.4 Å². The normalized spacial score (nSPS) is 42.0. The van der Waals surface area contributed by atoms with Gasteiger partial charge < -0.3 is 20.5 Å². The molecule has 0 aromatic heterocycles. The summed E-state index contributed by atoms with van der Waals surface area (Å²) in [6.07, 6.45) is -0.0755. The van der Waals surface area contributed by atoms with E-state index in [9.17, 15) is 9.59 Å². The summed E-state index contributed by atoms with van der Waals surface area (Å²) in [5, 5.41) is 6.47. The molecule has 3 fully saturated rings. The van der Waals surface area contributed by atoms with Crippen molar-refractivity contribution in [3.05, 3.63) is 12.2 Å². The molecule has 0 aliphatic carbocycles. The first-order valence-corrected chi connectivity index (χ1v) is 8.68. The molecule has 7 atom stereocenters. The largest absolute Gasteiger partial charge is 0.466 e. The van der Waals surface area contributed by atoms with E-state index in [-0.39, 0.29) is 35.7 Å². The monoisotopic (exact) mass is 337 g/mol. The Labute approximate surface area is 142 Å². The lowest BCUT2D eigenvalue weighted by molar-refractivity contribution is -0.181. The maximum atomic E-state index is 13.0. The molecule has 0 spiro atoms. The van der Waals surface area contributed by atoms with E-state index in [2.05, 4.69) is 17.2 Å². The van der Waals surface area contributed by atoms with Crippen LogP contribution in [0.4, 0.5) is 0 Å². The number of nitrogens with two attached hydrogens (primary N) is 1. The van der Waals surface area contributed by atoms with Crippen LogP contribution in [0.2, 0.25) is 0 Å². The summed E-state index contributed by atoms with van der Waals surface area (Å²) in [7, 11) is 0. The molecule has 3 aliphatic rings. The van der Waals surface area contributed by atoms with Crippen molar-refractivity contribution in [2.24, 2.45) is 23.5 Å². The first-order valence-electron chi connectivity index (χ1n) is 8.68. The summed E-state index contributed by atoms with van der Waals surface area (Å²) < 4.78 is 11.2. The number of nitrogens with one attached hydrogen (secondary N) is 2. The number of piperidine rings is 2. The molecular weight excluding hydrogens is 310 g/mol. The molecule has 0 bridgehead atoms. The van der Waals surface area contributed by atoms with Crippen LogP contribution >= 0.6 is 0 Å². The zero-order valence-corrected chi connectivity index (χ0v) is 14.3. The van der Waals surface area contributed by atoms with Crippen LogP contribution < -0.4 is 16.4 Å². The fourth-order valence-electron chi connectivity index (χ4n) is 4.03. The van der Waals surface area contributed by atoms with Crippen LogP contribution in [-0.2, 0) is 19.1 Å². The number of hydrogen-bond donors (Lipinski definition) is 3. The maximum Gasteiger partial charge on any atom is 0.311 e. The first-order chi connectivity index (χ1) is 11.4. The third-order valence-corrected chi connectivity index (χ3v) is 5.40. The standard InChI is InChI=1S/C17H27N3O4/c1-4-23-17(22)11-5-10-14(21)9-6-12(8(2)3)19-7-13(9)24-16(10)20-15(11)18/h9-13,15-16,19-20H,2,4-7,18H2,1,3H3. The van der Waals surface area contributed by atoms with E-state index in [4.69, 9.17) is 15.2 Å².